The molecule has 0 radical (unpaired) electrons. The van der Waals surface area contributed by atoms with Gasteiger partial charge in [0.1, 0.15) is 0 Å². The standard InChI is InChI=1S/C12H27NO2/c1-6-12(7-2,9-14)13-8-11(5,15)10(3)4/h10,13-15H,6-9H2,1-5H3. The van der Waals surface area contributed by atoms with Gasteiger partial charge in [0.15, 0.2) is 0 Å². The van der Waals surface area contributed by atoms with E-state index in [1.807, 2.05) is 20.8 Å². The Labute approximate surface area is 93.9 Å². The van der Waals surface area contributed by atoms with Gasteiger partial charge in [0.25, 0.3) is 0 Å². The molecule has 92 valence electrons. The molecule has 3 N–H and O–H groups in total. The van der Waals surface area contributed by atoms with Gasteiger partial charge in [-0.25, -0.2) is 0 Å². The first-order valence-electron chi connectivity index (χ1n) is 5.92. The first-order valence-corrected chi connectivity index (χ1v) is 5.92. The number of aliphatic hydroxyl groups is 2. The predicted octanol–water partition coefficient (Wildman–Crippen LogP) is 1.53. The molecule has 0 aromatic carbocycles. The molecule has 0 amide bonds. The number of hydrogen-bond donors (Lipinski definition) is 3. The van der Waals surface area contributed by atoms with E-state index in [2.05, 4.69) is 19.2 Å². The first-order chi connectivity index (χ1) is 6.83. The fraction of sp³-hybridized carbons (Fsp3) is 1.00. The highest BCUT2D eigenvalue weighted by molar-refractivity contribution is 4.89. The van der Waals surface area contributed by atoms with Crippen LogP contribution < -0.4 is 5.32 Å². The van der Waals surface area contributed by atoms with E-state index >= 15 is 0 Å². The monoisotopic (exact) mass is 217 g/mol. The minimum absolute atomic E-state index is 0.119. The van der Waals surface area contributed by atoms with Crippen molar-refractivity contribution >= 4 is 0 Å². The van der Waals surface area contributed by atoms with Crippen LogP contribution in [-0.4, -0.2) is 34.5 Å². The molecule has 0 saturated carbocycles. The van der Waals surface area contributed by atoms with E-state index in [1.165, 1.54) is 0 Å². The third-order valence-corrected chi connectivity index (χ3v) is 3.72. The summed E-state index contributed by atoms with van der Waals surface area (Å²) in [5, 5.41) is 22.8. The van der Waals surface area contributed by atoms with Crippen molar-refractivity contribution in [2.75, 3.05) is 13.2 Å². The van der Waals surface area contributed by atoms with E-state index in [1.54, 1.807) is 0 Å². The highest BCUT2D eigenvalue weighted by Gasteiger charge is 2.30. The van der Waals surface area contributed by atoms with Gasteiger partial charge in [-0.1, -0.05) is 27.7 Å². The van der Waals surface area contributed by atoms with E-state index in [9.17, 15) is 10.2 Å². The summed E-state index contributed by atoms with van der Waals surface area (Å²) in [7, 11) is 0. The molecule has 0 bridgehead atoms. The van der Waals surface area contributed by atoms with Crippen LogP contribution >= 0.6 is 0 Å². The maximum atomic E-state index is 10.1. The molecule has 0 aromatic rings. The molecule has 0 saturated heterocycles. The van der Waals surface area contributed by atoms with Gasteiger partial charge in [-0.15, -0.1) is 0 Å². The van der Waals surface area contributed by atoms with Gasteiger partial charge in [-0.2, -0.15) is 0 Å². The second-order valence-corrected chi connectivity index (χ2v) is 5.01. The van der Waals surface area contributed by atoms with E-state index in [-0.39, 0.29) is 18.1 Å². The summed E-state index contributed by atoms with van der Waals surface area (Å²) in [5.74, 6) is 0.204. The molecule has 0 aliphatic rings. The molecule has 0 heterocycles. The van der Waals surface area contributed by atoms with E-state index in [4.69, 9.17) is 0 Å². The average Bonchev–Trinajstić information content (AvgIpc) is 2.20. The zero-order valence-electron chi connectivity index (χ0n) is 10.8. The van der Waals surface area contributed by atoms with Crippen LogP contribution in [0.4, 0.5) is 0 Å². The van der Waals surface area contributed by atoms with E-state index < -0.39 is 5.60 Å². The average molecular weight is 217 g/mol. The lowest BCUT2D eigenvalue weighted by molar-refractivity contribution is 0.00111. The zero-order valence-corrected chi connectivity index (χ0v) is 10.8. The van der Waals surface area contributed by atoms with Crippen molar-refractivity contribution < 1.29 is 10.2 Å². The van der Waals surface area contributed by atoms with Crippen LogP contribution in [0.1, 0.15) is 47.5 Å². The zero-order chi connectivity index (χ0) is 12.1. The van der Waals surface area contributed by atoms with Crippen molar-refractivity contribution in [1.82, 2.24) is 5.32 Å². The van der Waals surface area contributed by atoms with Gasteiger partial charge in [0.05, 0.1) is 12.2 Å². The Morgan fingerprint density at radius 2 is 1.67 bits per heavy atom. The van der Waals surface area contributed by atoms with Crippen LogP contribution in [0.3, 0.4) is 0 Å². The van der Waals surface area contributed by atoms with Crippen molar-refractivity contribution in [2.45, 2.75) is 58.6 Å². The Morgan fingerprint density at radius 3 is 1.93 bits per heavy atom. The Morgan fingerprint density at radius 1 is 1.20 bits per heavy atom. The molecule has 0 fully saturated rings. The van der Waals surface area contributed by atoms with Crippen LogP contribution in [0.5, 0.6) is 0 Å². The lowest BCUT2D eigenvalue weighted by atomic mass is 9.88. The molecule has 0 aliphatic heterocycles. The van der Waals surface area contributed by atoms with Gasteiger partial charge in [0.2, 0.25) is 0 Å². The Balaban J connectivity index is 4.34. The smallest absolute Gasteiger partial charge is 0.0766 e. The molecule has 0 spiro atoms. The second-order valence-electron chi connectivity index (χ2n) is 5.01. The molecule has 1 unspecified atom stereocenters. The van der Waals surface area contributed by atoms with E-state index in [0.717, 1.165) is 12.8 Å². The molecular weight excluding hydrogens is 190 g/mol. The maximum absolute atomic E-state index is 10.1. The molecular formula is C12H27NO2. The lowest BCUT2D eigenvalue weighted by Crippen LogP contribution is -2.54. The quantitative estimate of drug-likeness (QED) is 0.606. The predicted molar refractivity (Wildman–Crippen MR) is 63.9 cm³/mol. The number of rotatable bonds is 7. The normalized spacial score (nSPS) is 16.8. The molecule has 15 heavy (non-hydrogen) atoms. The fourth-order valence-electron chi connectivity index (χ4n) is 1.35. The van der Waals surface area contributed by atoms with Crippen LogP contribution in [0.25, 0.3) is 0 Å². The summed E-state index contributed by atoms with van der Waals surface area (Å²) < 4.78 is 0. The summed E-state index contributed by atoms with van der Waals surface area (Å²) in [6.45, 7) is 10.6. The summed E-state index contributed by atoms with van der Waals surface area (Å²) in [5.41, 5.74) is -0.955. The van der Waals surface area contributed by atoms with Crippen LogP contribution in [-0.2, 0) is 0 Å². The highest BCUT2D eigenvalue weighted by Crippen LogP contribution is 2.19. The van der Waals surface area contributed by atoms with E-state index in [0.29, 0.717) is 6.54 Å². The van der Waals surface area contributed by atoms with Crippen molar-refractivity contribution in [1.29, 1.82) is 0 Å². The Bertz CT molecular complexity index is 166. The molecule has 3 nitrogen and oxygen atoms in total. The third-order valence-electron chi connectivity index (χ3n) is 3.72. The summed E-state index contributed by atoms with van der Waals surface area (Å²) in [4.78, 5) is 0. The van der Waals surface area contributed by atoms with Gasteiger partial charge >= 0.3 is 0 Å². The molecule has 0 aromatic heterocycles. The summed E-state index contributed by atoms with van der Waals surface area (Å²) >= 11 is 0. The summed E-state index contributed by atoms with van der Waals surface area (Å²) in [6.07, 6.45) is 1.74. The molecule has 0 aliphatic carbocycles. The SMILES string of the molecule is CCC(CC)(CO)NCC(C)(O)C(C)C. The largest absolute Gasteiger partial charge is 0.394 e. The Kier molecular flexibility index (Phi) is 5.78. The lowest BCUT2D eigenvalue weighted by Gasteiger charge is -2.36. The highest BCUT2D eigenvalue weighted by atomic mass is 16.3. The summed E-state index contributed by atoms with van der Waals surface area (Å²) in [6, 6.07) is 0. The van der Waals surface area contributed by atoms with Crippen molar-refractivity contribution in [2.24, 2.45) is 5.92 Å². The van der Waals surface area contributed by atoms with Gasteiger partial charge in [0, 0.05) is 12.1 Å². The van der Waals surface area contributed by atoms with Gasteiger partial charge < -0.3 is 15.5 Å². The van der Waals surface area contributed by atoms with Crippen LogP contribution in [0.2, 0.25) is 0 Å². The minimum atomic E-state index is -0.717. The minimum Gasteiger partial charge on any atom is -0.394 e. The van der Waals surface area contributed by atoms with Crippen molar-refractivity contribution in [3.8, 4) is 0 Å². The molecule has 3 heteroatoms. The number of β-amino-alcohol motifs (C(OH)–C–C–N with tert-alkyl or cyclic N) is 1. The van der Waals surface area contributed by atoms with Gasteiger partial charge in [-0.05, 0) is 25.7 Å². The topological polar surface area (TPSA) is 52.5 Å². The fourth-order valence-corrected chi connectivity index (χ4v) is 1.35. The molecule has 1 atom stereocenters. The van der Waals surface area contributed by atoms with Crippen LogP contribution in [0, 0.1) is 5.92 Å². The second kappa shape index (κ2) is 5.83. The van der Waals surface area contributed by atoms with Crippen LogP contribution in [0.15, 0.2) is 0 Å². The third kappa shape index (κ3) is 4.09. The molecule has 0 rings (SSSR count). The Hall–Kier alpha value is -0.120. The van der Waals surface area contributed by atoms with Gasteiger partial charge in [-0.3, -0.25) is 0 Å². The van der Waals surface area contributed by atoms with Crippen molar-refractivity contribution in [3.63, 3.8) is 0 Å². The maximum Gasteiger partial charge on any atom is 0.0766 e. The number of hydrogen-bond acceptors (Lipinski definition) is 3. The number of nitrogens with one attached hydrogen (secondary N) is 1. The number of aliphatic hydroxyl groups excluding tert-OH is 1. The first kappa shape index (κ1) is 14.9. The van der Waals surface area contributed by atoms with Crippen molar-refractivity contribution in [3.05, 3.63) is 0 Å².